The highest BCUT2D eigenvalue weighted by Gasteiger charge is 2.44. The minimum Gasteiger partial charge on any atom is -0.388 e. The van der Waals surface area contributed by atoms with Crippen LogP contribution in [0.5, 0.6) is 0 Å². The lowest BCUT2D eigenvalue weighted by Crippen LogP contribution is -2.39. The molecule has 2 atom stereocenters. The van der Waals surface area contributed by atoms with E-state index >= 15 is 0 Å². The summed E-state index contributed by atoms with van der Waals surface area (Å²) in [4.78, 5) is 26.4. The van der Waals surface area contributed by atoms with Crippen molar-refractivity contribution in [2.24, 2.45) is 5.41 Å². The molecule has 3 amide bonds. The van der Waals surface area contributed by atoms with Crippen LogP contribution >= 0.6 is 0 Å². The Morgan fingerprint density at radius 2 is 1.94 bits per heavy atom. The molecule has 0 aromatic heterocycles. The van der Waals surface area contributed by atoms with Gasteiger partial charge in [0.1, 0.15) is 6.04 Å². The quantitative estimate of drug-likeness (QED) is 0.590. The molecule has 1 saturated carbocycles. The minimum absolute atomic E-state index is 0.0747. The van der Waals surface area contributed by atoms with Crippen molar-refractivity contribution in [3.63, 3.8) is 0 Å². The van der Waals surface area contributed by atoms with E-state index in [1.54, 1.807) is 6.07 Å². The molecule has 2 aromatic carbocycles. The van der Waals surface area contributed by atoms with Crippen molar-refractivity contribution in [1.82, 2.24) is 5.32 Å². The topological polar surface area (TPSA) is 78.9 Å². The molecule has 0 radical (unpaired) electrons. The third kappa shape index (κ3) is 4.36. The van der Waals surface area contributed by atoms with Gasteiger partial charge in [0.2, 0.25) is 0 Å². The lowest BCUT2D eigenvalue weighted by molar-refractivity contribution is -0.121. The molecule has 164 valence electrons. The molecule has 2 aromatic rings. The summed E-state index contributed by atoms with van der Waals surface area (Å²) >= 11 is 0. The molecule has 2 unspecified atom stereocenters. The van der Waals surface area contributed by atoms with E-state index < -0.39 is 18.2 Å². The number of aliphatic hydroxyl groups excluding tert-OH is 1. The number of carbonyl (C=O) groups excluding carboxylic acids is 2. The molecule has 2 fully saturated rings. The number of imide groups is 1. The summed E-state index contributed by atoms with van der Waals surface area (Å²) in [6, 6.07) is 15.9. The standard InChI is InChI=1S/C25H30N2O4/c1-2-12-25(13-7-14-25)22(28)19-10-6-11-20(15-19)27-21(23(29)26-24(27)30)17-31-16-18-8-4-3-5-9-18/h3-6,8-11,15,21-22,28H,2,7,12-14,16-17H2,1H3,(H,26,29,30). The lowest BCUT2D eigenvalue weighted by atomic mass is 9.61. The van der Waals surface area contributed by atoms with E-state index in [9.17, 15) is 14.7 Å². The van der Waals surface area contributed by atoms with E-state index in [1.165, 1.54) is 4.90 Å². The van der Waals surface area contributed by atoms with Gasteiger partial charge in [-0.25, -0.2) is 4.79 Å². The number of nitrogens with zero attached hydrogens (tertiary/aromatic N) is 1. The van der Waals surface area contributed by atoms with Gasteiger partial charge in [0.05, 0.1) is 19.3 Å². The van der Waals surface area contributed by atoms with Gasteiger partial charge in [0, 0.05) is 11.1 Å². The van der Waals surface area contributed by atoms with Gasteiger partial charge >= 0.3 is 6.03 Å². The molecule has 0 spiro atoms. The first-order valence-electron chi connectivity index (χ1n) is 11.1. The molecule has 1 saturated heterocycles. The first-order chi connectivity index (χ1) is 15.0. The number of hydrogen-bond acceptors (Lipinski definition) is 4. The number of anilines is 1. The summed E-state index contributed by atoms with van der Waals surface area (Å²) in [7, 11) is 0. The summed E-state index contributed by atoms with van der Waals surface area (Å²) < 4.78 is 5.76. The Labute approximate surface area is 183 Å². The molecular weight excluding hydrogens is 392 g/mol. The highest BCUT2D eigenvalue weighted by Crippen LogP contribution is 2.53. The summed E-state index contributed by atoms with van der Waals surface area (Å²) in [5.41, 5.74) is 2.32. The van der Waals surface area contributed by atoms with Gasteiger partial charge in [0.15, 0.2) is 0 Å². The first kappa shape index (κ1) is 21.5. The predicted molar refractivity (Wildman–Crippen MR) is 118 cm³/mol. The Morgan fingerprint density at radius 1 is 1.16 bits per heavy atom. The van der Waals surface area contributed by atoms with Gasteiger partial charge in [-0.2, -0.15) is 0 Å². The van der Waals surface area contributed by atoms with Gasteiger partial charge < -0.3 is 9.84 Å². The Bertz CT molecular complexity index is 926. The van der Waals surface area contributed by atoms with Crippen molar-refractivity contribution in [2.45, 2.75) is 57.8 Å². The number of urea groups is 1. The summed E-state index contributed by atoms with van der Waals surface area (Å²) in [6.07, 6.45) is 4.61. The molecule has 1 aliphatic heterocycles. The number of nitrogens with one attached hydrogen (secondary N) is 1. The van der Waals surface area contributed by atoms with Crippen LogP contribution in [0, 0.1) is 5.41 Å². The number of benzene rings is 2. The molecular formula is C25H30N2O4. The Balaban J connectivity index is 1.50. The van der Waals surface area contributed by atoms with E-state index in [4.69, 9.17) is 4.74 Å². The number of hydrogen-bond donors (Lipinski definition) is 2. The molecule has 1 heterocycles. The lowest BCUT2D eigenvalue weighted by Gasteiger charge is -2.46. The SMILES string of the molecule is CCCC1(C(O)c2cccc(N3C(=O)NC(=O)C3COCc3ccccc3)c2)CCC1. The number of amides is 3. The molecule has 2 N–H and O–H groups in total. The van der Waals surface area contributed by atoms with Crippen molar-refractivity contribution < 1.29 is 19.4 Å². The fourth-order valence-electron chi connectivity index (χ4n) is 4.81. The zero-order valence-electron chi connectivity index (χ0n) is 17.9. The second-order valence-electron chi connectivity index (χ2n) is 8.64. The number of aliphatic hydroxyl groups is 1. The zero-order valence-corrected chi connectivity index (χ0v) is 17.9. The third-order valence-corrected chi connectivity index (χ3v) is 6.59. The smallest absolute Gasteiger partial charge is 0.329 e. The van der Waals surface area contributed by atoms with Gasteiger partial charge in [-0.15, -0.1) is 0 Å². The molecule has 0 bridgehead atoms. The average Bonchev–Trinajstić information content (AvgIpc) is 3.04. The fraction of sp³-hybridized carbons (Fsp3) is 0.440. The monoisotopic (exact) mass is 422 g/mol. The van der Waals surface area contributed by atoms with Crippen LogP contribution in [-0.4, -0.2) is 29.7 Å². The number of ether oxygens (including phenoxy) is 1. The van der Waals surface area contributed by atoms with Crippen LogP contribution in [0.4, 0.5) is 10.5 Å². The van der Waals surface area contributed by atoms with Crippen LogP contribution in [0.1, 0.15) is 56.3 Å². The van der Waals surface area contributed by atoms with Crippen LogP contribution in [-0.2, 0) is 16.1 Å². The molecule has 4 rings (SSSR count). The van der Waals surface area contributed by atoms with Crippen molar-refractivity contribution >= 4 is 17.6 Å². The van der Waals surface area contributed by atoms with Crippen molar-refractivity contribution in [3.8, 4) is 0 Å². The van der Waals surface area contributed by atoms with Gasteiger partial charge in [-0.1, -0.05) is 62.2 Å². The Kier molecular flexibility index (Phi) is 6.39. The predicted octanol–water partition coefficient (Wildman–Crippen LogP) is 4.33. The van der Waals surface area contributed by atoms with Crippen LogP contribution in [0.3, 0.4) is 0 Å². The van der Waals surface area contributed by atoms with Crippen molar-refractivity contribution in [2.75, 3.05) is 11.5 Å². The van der Waals surface area contributed by atoms with E-state index in [0.717, 1.165) is 43.2 Å². The van der Waals surface area contributed by atoms with E-state index in [-0.39, 0.29) is 17.9 Å². The van der Waals surface area contributed by atoms with Crippen LogP contribution < -0.4 is 10.2 Å². The summed E-state index contributed by atoms with van der Waals surface area (Å²) in [5, 5.41) is 13.5. The summed E-state index contributed by atoms with van der Waals surface area (Å²) in [5.74, 6) is -0.370. The maximum Gasteiger partial charge on any atom is 0.329 e. The highest BCUT2D eigenvalue weighted by molar-refractivity contribution is 6.14. The second-order valence-corrected chi connectivity index (χ2v) is 8.64. The average molecular weight is 423 g/mol. The van der Waals surface area contributed by atoms with E-state index in [1.807, 2.05) is 48.5 Å². The molecule has 6 heteroatoms. The molecule has 31 heavy (non-hydrogen) atoms. The summed E-state index contributed by atoms with van der Waals surface area (Å²) in [6.45, 7) is 2.60. The largest absolute Gasteiger partial charge is 0.388 e. The van der Waals surface area contributed by atoms with Gasteiger partial charge in [0.25, 0.3) is 5.91 Å². The first-order valence-corrected chi connectivity index (χ1v) is 11.1. The van der Waals surface area contributed by atoms with Crippen LogP contribution in [0.15, 0.2) is 54.6 Å². The normalized spacial score (nSPS) is 21.0. The fourth-order valence-corrected chi connectivity index (χ4v) is 4.81. The minimum atomic E-state index is -0.739. The maximum absolute atomic E-state index is 12.6. The second kappa shape index (κ2) is 9.20. The van der Waals surface area contributed by atoms with Gasteiger partial charge in [-0.3, -0.25) is 15.0 Å². The Morgan fingerprint density at radius 3 is 2.61 bits per heavy atom. The maximum atomic E-state index is 12.6. The molecule has 1 aliphatic carbocycles. The van der Waals surface area contributed by atoms with Gasteiger partial charge in [-0.05, 0) is 42.5 Å². The highest BCUT2D eigenvalue weighted by atomic mass is 16.5. The van der Waals surface area contributed by atoms with Crippen LogP contribution in [0.25, 0.3) is 0 Å². The Hall–Kier alpha value is -2.70. The number of carbonyl (C=O) groups is 2. The number of rotatable bonds is 9. The van der Waals surface area contributed by atoms with Crippen LogP contribution in [0.2, 0.25) is 0 Å². The third-order valence-electron chi connectivity index (χ3n) is 6.59. The molecule has 2 aliphatic rings. The molecule has 6 nitrogen and oxygen atoms in total. The van der Waals surface area contributed by atoms with E-state index in [0.29, 0.717) is 12.3 Å². The zero-order chi connectivity index (χ0) is 21.8. The van der Waals surface area contributed by atoms with Crippen molar-refractivity contribution in [1.29, 1.82) is 0 Å². The van der Waals surface area contributed by atoms with Crippen molar-refractivity contribution in [3.05, 3.63) is 65.7 Å². The van der Waals surface area contributed by atoms with E-state index in [2.05, 4.69) is 12.2 Å².